The maximum atomic E-state index is 12.5. The first-order chi connectivity index (χ1) is 7.47. The summed E-state index contributed by atoms with van der Waals surface area (Å²) in [4.78, 5) is 14.6. The minimum Gasteiger partial charge on any atom is -0.469 e. The Kier molecular flexibility index (Phi) is 4.17. The monoisotopic (exact) mass is 294 g/mol. The molecule has 1 rings (SSSR count). The van der Waals surface area contributed by atoms with Crippen LogP contribution in [-0.2, 0) is 16.0 Å². The van der Waals surface area contributed by atoms with Gasteiger partial charge in [-0.15, -0.1) is 0 Å². The van der Waals surface area contributed by atoms with Gasteiger partial charge in [-0.2, -0.15) is 0 Å². The van der Waals surface area contributed by atoms with Crippen LogP contribution in [0.5, 0.6) is 0 Å². The molecule has 0 unspecified atom stereocenters. The van der Waals surface area contributed by atoms with Crippen LogP contribution in [0.4, 0.5) is 14.5 Å². The van der Waals surface area contributed by atoms with Crippen molar-refractivity contribution in [2.24, 2.45) is 0 Å². The van der Waals surface area contributed by atoms with E-state index in [-0.39, 0.29) is 17.7 Å². The highest BCUT2D eigenvalue weighted by Gasteiger charge is 2.19. The molecule has 1 heterocycles. The van der Waals surface area contributed by atoms with Crippen molar-refractivity contribution in [3.8, 4) is 0 Å². The van der Waals surface area contributed by atoms with Gasteiger partial charge in [-0.25, -0.2) is 8.78 Å². The summed E-state index contributed by atoms with van der Waals surface area (Å²) in [5, 5.41) is 0. The predicted octanol–water partition coefficient (Wildman–Crippen LogP) is 2.08. The van der Waals surface area contributed by atoms with Crippen molar-refractivity contribution < 1.29 is 18.3 Å². The molecule has 0 radical (unpaired) electrons. The molecule has 0 spiro atoms. The number of nitrogens with zero attached hydrogens (tertiary/aromatic N) is 1. The fraction of sp³-hybridized carbons (Fsp3) is 0.333. The van der Waals surface area contributed by atoms with Gasteiger partial charge in [-0.05, 0) is 15.9 Å². The van der Waals surface area contributed by atoms with Gasteiger partial charge >= 0.3 is 5.97 Å². The summed E-state index contributed by atoms with van der Waals surface area (Å²) < 4.78 is 29.8. The number of alkyl halides is 2. The molecule has 0 fully saturated rings. The second kappa shape index (κ2) is 5.20. The van der Waals surface area contributed by atoms with Crippen LogP contribution in [0.3, 0.4) is 0 Å². The molecule has 2 N–H and O–H groups in total. The third kappa shape index (κ3) is 2.66. The van der Waals surface area contributed by atoms with Crippen molar-refractivity contribution >= 4 is 27.6 Å². The number of ether oxygens (including phenoxy) is 1. The summed E-state index contributed by atoms with van der Waals surface area (Å²) >= 11 is 3.09. The summed E-state index contributed by atoms with van der Waals surface area (Å²) in [7, 11) is 1.21. The molecular weight excluding hydrogens is 286 g/mol. The maximum absolute atomic E-state index is 12.5. The molecule has 0 bridgehead atoms. The van der Waals surface area contributed by atoms with Gasteiger partial charge in [0, 0.05) is 16.2 Å². The van der Waals surface area contributed by atoms with Crippen LogP contribution in [0.2, 0.25) is 0 Å². The Morgan fingerprint density at radius 1 is 1.69 bits per heavy atom. The zero-order valence-electron chi connectivity index (χ0n) is 8.34. The molecule has 16 heavy (non-hydrogen) atoms. The lowest BCUT2D eigenvalue weighted by Crippen LogP contribution is -2.10. The predicted molar refractivity (Wildman–Crippen MR) is 57.0 cm³/mol. The van der Waals surface area contributed by atoms with Crippen LogP contribution in [0.15, 0.2) is 10.7 Å². The van der Waals surface area contributed by atoms with E-state index in [9.17, 15) is 13.6 Å². The highest BCUT2D eigenvalue weighted by molar-refractivity contribution is 9.10. The second-order valence-corrected chi connectivity index (χ2v) is 3.79. The molecule has 1 aromatic heterocycles. The lowest BCUT2D eigenvalue weighted by molar-refractivity contribution is -0.139. The van der Waals surface area contributed by atoms with Gasteiger partial charge in [-0.3, -0.25) is 9.78 Å². The van der Waals surface area contributed by atoms with E-state index in [1.54, 1.807) is 0 Å². The summed E-state index contributed by atoms with van der Waals surface area (Å²) in [6.07, 6.45) is -1.76. The van der Waals surface area contributed by atoms with Crippen LogP contribution in [0.25, 0.3) is 0 Å². The van der Waals surface area contributed by atoms with E-state index in [2.05, 4.69) is 25.7 Å². The number of anilines is 1. The van der Waals surface area contributed by atoms with Gasteiger partial charge in [0.25, 0.3) is 6.43 Å². The van der Waals surface area contributed by atoms with E-state index < -0.39 is 18.1 Å². The molecule has 0 aromatic carbocycles. The Morgan fingerprint density at radius 2 is 2.31 bits per heavy atom. The standard InChI is InChI=1S/C9H9BrF2N2O2/c1-16-6(15)2-4-5(10)3-14-8(7(4)13)9(11)12/h3,9H,2,13H2,1H3. The van der Waals surface area contributed by atoms with E-state index in [0.717, 1.165) is 0 Å². The van der Waals surface area contributed by atoms with Crippen molar-refractivity contribution in [1.29, 1.82) is 0 Å². The number of carbonyl (C=O) groups is 1. The number of hydrogen-bond donors (Lipinski definition) is 1. The van der Waals surface area contributed by atoms with Gasteiger partial charge < -0.3 is 10.5 Å². The Bertz CT molecular complexity index is 413. The third-order valence-corrected chi connectivity index (χ3v) is 2.65. The Balaban J connectivity index is 3.16. The molecule has 0 atom stereocenters. The van der Waals surface area contributed by atoms with Crippen LogP contribution >= 0.6 is 15.9 Å². The number of methoxy groups -OCH3 is 1. The number of nitrogens with two attached hydrogens (primary N) is 1. The molecule has 0 aliphatic heterocycles. The zero-order chi connectivity index (χ0) is 12.3. The van der Waals surface area contributed by atoms with Crippen LogP contribution in [0.1, 0.15) is 17.7 Å². The highest BCUT2D eigenvalue weighted by atomic mass is 79.9. The molecule has 0 aliphatic rings. The summed E-state index contributed by atoms with van der Waals surface area (Å²) in [5.74, 6) is -0.557. The van der Waals surface area contributed by atoms with Crippen molar-refractivity contribution in [2.75, 3.05) is 12.8 Å². The Hall–Kier alpha value is -1.24. The van der Waals surface area contributed by atoms with E-state index in [4.69, 9.17) is 5.73 Å². The lowest BCUT2D eigenvalue weighted by Gasteiger charge is -2.10. The largest absolute Gasteiger partial charge is 0.469 e. The number of pyridine rings is 1. The molecule has 0 saturated heterocycles. The number of halogens is 3. The molecule has 7 heteroatoms. The maximum Gasteiger partial charge on any atom is 0.310 e. The van der Waals surface area contributed by atoms with E-state index >= 15 is 0 Å². The SMILES string of the molecule is COC(=O)Cc1c(Br)cnc(C(F)F)c1N. The van der Waals surface area contributed by atoms with Crippen molar-refractivity contribution in [3.05, 3.63) is 21.9 Å². The van der Waals surface area contributed by atoms with Gasteiger partial charge in [0.15, 0.2) is 0 Å². The quantitative estimate of drug-likeness (QED) is 0.867. The fourth-order valence-electron chi connectivity index (χ4n) is 1.13. The fourth-order valence-corrected chi connectivity index (χ4v) is 1.58. The lowest BCUT2D eigenvalue weighted by atomic mass is 10.1. The molecule has 0 saturated carbocycles. The molecule has 4 nitrogen and oxygen atoms in total. The van der Waals surface area contributed by atoms with Crippen molar-refractivity contribution in [1.82, 2.24) is 4.98 Å². The van der Waals surface area contributed by atoms with E-state index in [1.165, 1.54) is 13.3 Å². The Morgan fingerprint density at radius 3 is 2.81 bits per heavy atom. The minimum absolute atomic E-state index is 0.175. The van der Waals surface area contributed by atoms with Crippen LogP contribution < -0.4 is 5.73 Å². The van der Waals surface area contributed by atoms with Gasteiger partial charge in [-0.1, -0.05) is 0 Å². The molecule has 0 aliphatic carbocycles. The summed E-state index contributed by atoms with van der Waals surface area (Å²) in [5.41, 5.74) is 5.06. The number of esters is 1. The van der Waals surface area contributed by atoms with Gasteiger partial charge in [0.05, 0.1) is 19.2 Å². The van der Waals surface area contributed by atoms with Gasteiger partial charge in [0.1, 0.15) is 5.69 Å². The van der Waals surface area contributed by atoms with Crippen molar-refractivity contribution in [2.45, 2.75) is 12.8 Å². The second-order valence-electron chi connectivity index (χ2n) is 2.94. The highest BCUT2D eigenvalue weighted by Crippen LogP contribution is 2.30. The summed E-state index contributed by atoms with van der Waals surface area (Å²) in [6, 6.07) is 0. The minimum atomic E-state index is -2.77. The van der Waals surface area contributed by atoms with E-state index in [0.29, 0.717) is 4.47 Å². The number of rotatable bonds is 3. The first kappa shape index (κ1) is 12.8. The number of nitrogen functional groups attached to an aromatic ring is 1. The topological polar surface area (TPSA) is 65.2 Å². The molecule has 1 aromatic rings. The first-order valence-corrected chi connectivity index (χ1v) is 5.04. The molecular formula is C9H9BrF2N2O2. The summed E-state index contributed by atoms with van der Waals surface area (Å²) in [6.45, 7) is 0. The number of aromatic nitrogens is 1. The first-order valence-electron chi connectivity index (χ1n) is 4.25. The molecule has 88 valence electrons. The Labute approximate surface area is 98.9 Å². The van der Waals surface area contributed by atoms with Crippen molar-refractivity contribution in [3.63, 3.8) is 0 Å². The third-order valence-electron chi connectivity index (χ3n) is 1.96. The smallest absolute Gasteiger partial charge is 0.310 e. The normalized spacial score (nSPS) is 10.6. The van der Waals surface area contributed by atoms with Gasteiger partial charge in [0.2, 0.25) is 0 Å². The van der Waals surface area contributed by atoms with Crippen LogP contribution in [-0.4, -0.2) is 18.1 Å². The zero-order valence-corrected chi connectivity index (χ0v) is 9.92. The van der Waals surface area contributed by atoms with E-state index in [1.807, 2.05) is 0 Å². The number of hydrogen-bond acceptors (Lipinski definition) is 4. The van der Waals surface area contributed by atoms with Crippen LogP contribution in [0, 0.1) is 0 Å². The average Bonchev–Trinajstić information content (AvgIpc) is 2.23. The molecule has 0 amide bonds. The number of carbonyl (C=O) groups excluding carboxylic acids is 1. The average molecular weight is 295 g/mol.